The van der Waals surface area contributed by atoms with Crippen LogP contribution in [0.4, 0.5) is 0 Å². The van der Waals surface area contributed by atoms with Crippen molar-refractivity contribution in [3.05, 3.63) is 35.9 Å². The molecule has 106 valence electrons. The fraction of sp³-hybridized carbons (Fsp3) is 0.571. The molecule has 0 aliphatic rings. The maximum absolute atomic E-state index is 9.55. The Hall–Kier alpha value is -0.280. The van der Waals surface area contributed by atoms with Gasteiger partial charge >= 0.3 is 0 Å². The van der Waals surface area contributed by atoms with Gasteiger partial charge in [-0.1, -0.05) is 44.2 Å². The number of benzene rings is 1. The Kier molecular flexibility index (Phi) is 13.1. The van der Waals surface area contributed by atoms with Crippen LogP contribution >= 0.6 is 24.8 Å². The van der Waals surface area contributed by atoms with Gasteiger partial charge in [0.2, 0.25) is 0 Å². The predicted octanol–water partition coefficient (Wildman–Crippen LogP) is 4.20. The summed E-state index contributed by atoms with van der Waals surface area (Å²) >= 11 is 0. The smallest absolute Gasteiger partial charge is 0.0261 e. The molecule has 0 amide bonds. The van der Waals surface area contributed by atoms with Gasteiger partial charge in [0.25, 0.3) is 0 Å². The van der Waals surface area contributed by atoms with Crippen molar-refractivity contribution < 1.29 is 5.21 Å². The maximum atomic E-state index is 9.55. The van der Waals surface area contributed by atoms with E-state index in [9.17, 15) is 5.21 Å². The number of unbranched alkanes of at least 4 members (excludes halogenated alkanes) is 1. The SMILES string of the molecule is CC(C)CN(O)CCCCc1ccccc1.Cl.Cl. The number of hydrogen-bond donors (Lipinski definition) is 1. The number of rotatable bonds is 7. The van der Waals surface area contributed by atoms with Crippen LogP contribution in [0.5, 0.6) is 0 Å². The average molecular weight is 294 g/mol. The molecule has 0 spiro atoms. The Bertz CT molecular complexity index is 280. The minimum Gasteiger partial charge on any atom is -0.314 e. The van der Waals surface area contributed by atoms with Crippen LogP contribution in [0.2, 0.25) is 0 Å². The maximum Gasteiger partial charge on any atom is 0.0261 e. The monoisotopic (exact) mass is 293 g/mol. The molecule has 1 aromatic carbocycles. The first-order chi connectivity index (χ1) is 7.68. The van der Waals surface area contributed by atoms with E-state index < -0.39 is 0 Å². The lowest BCUT2D eigenvalue weighted by Crippen LogP contribution is -2.25. The van der Waals surface area contributed by atoms with Gasteiger partial charge in [0.15, 0.2) is 0 Å². The minimum absolute atomic E-state index is 0. The fourth-order valence-corrected chi connectivity index (χ4v) is 1.78. The van der Waals surface area contributed by atoms with Crippen LogP contribution in [0.1, 0.15) is 32.3 Å². The highest BCUT2D eigenvalue weighted by molar-refractivity contribution is 5.85. The average Bonchev–Trinajstić information content (AvgIpc) is 2.25. The van der Waals surface area contributed by atoms with Crippen LogP contribution in [0.3, 0.4) is 0 Å². The summed E-state index contributed by atoms with van der Waals surface area (Å²) in [6.07, 6.45) is 3.30. The van der Waals surface area contributed by atoms with E-state index in [2.05, 4.69) is 38.1 Å². The van der Waals surface area contributed by atoms with Crippen molar-refractivity contribution in [1.82, 2.24) is 5.06 Å². The second-order valence-electron chi connectivity index (χ2n) is 4.75. The standard InChI is InChI=1S/C14H23NO.2ClH/c1-13(2)12-15(16)11-7-6-10-14-8-4-3-5-9-14;;/h3-5,8-9,13,16H,6-7,10-12H2,1-2H3;2*1H. The quantitative estimate of drug-likeness (QED) is 0.602. The molecule has 0 radical (unpaired) electrons. The molecular weight excluding hydrogens is 269 g/mol. The zero-order valence-corrected chi connectivity index (χ0v) is 12.8. The molecule has 0 saturated heterocycles. The van der Waals surface area contributed by atoms with Gasteiger partial charge < -0.3 is 5.21 Å². The van der Waals surface area contributed by atoms with Gasteiger partial charge in [-0.25, -0.2) is 0 Å². The topological polar surface area (TPSA) is 23.5 Å². The first-order valence-electron chi connectivity index (χ1n) is 6.16. The summed E-state index contributed by atoms with van der Waals surface area (Å²) in [5.41, 5.74) is 1.39. The Morgan fingerprint density at radius 2 is 1.67 bits per heavy atom. The van der Waals surface area contributed by atoms with Crippen molar-refractivity contribution in [3.8, 4) is 0 Å². The minimum atomic E-state index is 0. The summed E-state index contributed by atoms with van der Waals surface area (Å²) in [5.74, 6) is 0.527. The van der Waals surface area contributed by atoms with E-state index in [1.165, 1.54) is 10.6 Å². The summed E-state index contributed by atoms with van der Waals surface area (Å²) in [4.78, 5) is 0. The molecule has 0 aliphatic heterocycles. The molecule has 1 rings (SSSR count). The Morgan fingerprint density at radius 3 is 2.22 bits per heavy atom. The molecule has 0 atom stereocenters. The molecule has 1 aromatic rings. The third-order valence-electron chi connectivity index (χ3n) is 2.55. The van der Waals surface area contributed by atoms with E-state index in [1.54, 1.807) is 0 Å². The van der Waals surface area contributed by atoms with Crippen LogP contribution in [0.25, 0.3) is 0 Å². The molecule has 4 heteroatoms. The third kappa shape index (κ3) is 9.72. The Labute approximate surface area is 123 Å². The normalized spacial score (nSPS) is 10.1. The largest absolute Gasteiger partial charge is 0.314 e. The molecule has 0 aromatic heterocycles. The second kappa shape index (κ2) is 11.8. The van der Waals surface area contributed by atoms with Gasteiger partial charge in [0.1, 0.15) is 0 Å². The number of aryl methyl sites for hydroxylation is 1. The Morgan fingerprint density at radius 1 is 1.06 bits per heavy atom. The van der Waals surface area contributed by atoms with Gasteiger partial charge in [0, 0.05) is 13.1 Å². The van der Waals surface area contributed by atoms with Crippen LogP contribution < -0.4 is 0 Å². The van der Waals surface area contributed by atoms with Crippen LogP contribution in [-0.4, -0.2) is 23.4 Å². The third-order valence-corrected chi connectivity index (χ3v) is 2.55. The Balaban J connectivity index is 0. The first-order valence-corrected chi connectivity index (χ1v) is 6.16. The summed E-state index contributed by atoms with van der Waals surface area (Å²) in [6.45, 7) is 5.79. The number of halogens is 2. The molecule has 0 bridgehead atoms. The molecule has 18 heavy (non-hydrogen) atoms. The van der Waals surface area contributed by atoms with E-state index in [4.69, 9.17) is 0 Å². The van der Waals surface area contributed by atoms with Crippen molar-refractivity contribution >= 4 is 24.8 Å². The molecule has 1 N–H and O–H groups in total. The number of nitrogens with zero attached hydrogens (tertiary/aromatic N) is 1. The summed E-state index contributed by atoms with van der Waals surface area (Å²) in [6, 6.07) is 10.5. The predicted molar refractivity (Wildman–Crippen MR) is 82.1 cm³/mol. The molecule has 2 nitrogen and oxygen atoms in total. The number of hydroxylamine groups is 2. The van der Waals surface area contributed by atoms with Crippen LogP contribution in [0, 0.1) is 5.92 Å². The summed E-state index contributed by atoms with van der Waals surface area (Å²) in [5, 5.41) is 11.0. The molecule has 0 aliphatic carbocycles. The van der Waals surface area contributed by atoms with Crippen molar-refractivity contribution in [2.24, 2.45) is 5.92 Å². The van der Waals surface area contributed by atoms with Crippen molar-refractivity contribution in [2.75, 3.05) is 13.1 Å². The molecule has 0 saturated carbocycles. The fourth-order valence-electron chi connectivity index (χ4n) is 1.78. The highest BCUT2D eigenvalue weighted by Gasteiger charge is 2.02. The van der Waals surface area contributed by atoms with Gasteiger partial charge in [-0.3, -0.25) is 0 Å². The second-order valence-corrected chi connectivity index (χ2v) is 4.75. The van der Waals surface area contributed by atoms with Crippen molar-refractivity contribution in [2.45, 2.75) is 33.1 Å². The highest BCUT2D eigenvalue weighted by Crippen LogP contribution is 2.05. The molecule has 0 heterocycles. The van der Waals surface area contributed by atoms with Gasteiger partial charge in [-0.15, -0.1) is 24.8 Å². The van der Waals surface area contributed by atoms with E-state index in [0.29, 0.717) is 5.92 Å². The van der Waals surface area contributed by atoms with Crippen LogP contribution in [-0.2, 0) is 6.42 Å². The lowest BCUT2D eigenvalue weighted by atomic mass is 10.1. The number of hydrogen-bond acceptors (Lipinski definition) is 2. The highest BCUT2D eigenvalue weighted by atomic mass is 35.5. The van der Waals surface area contributed by atoms with Crippen LogP contribution in [0.15, 0.2) is 30.3 Å². The van der Waals surface area contributed by atoms with Crippen molar-refractivity contribution in [3.63, 3.8) is 0 Å². The summed E-state index contributed by atoms with van der Waals surface area (Å²) in [7, 11) is 0. The lowest BCUT2D eigenvalue weighted by molar-refractivity contribution is -0.0991. The van der Waals surface area contributed by atoms with E-state index >= 15 is 0 Å². The van der Waals surface area contributed by atoms with Gasteiger partial charge in [0.05, 0.1) is 0 Å². The molecule has 0 unspecified atom stereocenters. The van der Waals surface area contributed by atoms with Gasteiger partial charge in [-0.05, 0) is 30.7 Å². The van der Waals surface area contributed by atoms with E-state index in [-0.39, 0.29) is 24.8 Å². The lowest BCUT2D eigenvalue weighted by Gasteiger charge is -2.16. The van der Waals surface area contributed by atoms with Gasteiger partial charge in [-0.2, -0.15) is 5.06 Å². The van der Waals surface area contributed by atoms with Crippen molar-refractivity contribution in [1.29, 1.82) is 0 Å². The first kappa shape index (κ1) is 20.0. The van der Waals surface area contributed by atoms with E-state index in [1.807, 2.05) is 6.07 Å². The van der Waals surface area contributed by atoms with E-state index in [0.717, 1.165) is 32.4 Å². The molecule has 0 fully saturated rings. The zero-order chi connectivity index (χ0) is 11.8. The summed E-state index contributed by atoms with van der Waals surface area (Å²) < 4.78 is 0. The molecular formula is C14H25Cl2NO. The zero-order valence-electron chi connectivity index (χ0n) is 11.2.